The highest BCUT2D eigenvalue weighted by Gasteiger charge is 2.30. The van der Waals surface area contributed by atoms with Gasteiger partial charge in [-0.25, -0.2) is 15.8 Å². The van der Waals surface area contributed by atoms with Gasteiger partial charge in [0.15, 0.2) is 0 Å². The standard InChI is InChI=1S/C13H23N5O/c1-4-11-16-12(8(3)13(17-11)18-14)15-9-6-10(7-9)19-5-2/h9-10H,4-7,14H2,1-3H3,(H2,15,16,17,18). The Morgan fingerprint density at radius 3 is 2.53 bits per heavy atom. The molecule has 1 fully saturated rings. The topological polar surface area (TPSA) is 85.1 Å². The molecule has 1 aromatic heterocycles. The Kier molecular flexibility index (Phi) is 4.55. The van der Waals surface area contributed by atoms with Crippen LogP contribution < -0.4 is 16.6 Å². The fourth-order valence-corrected chi connectivity index (χ4v) is 2.25. The van der Waals surface area contributed by atoms with Gasteiger partial charge in [-0.15, -0.1) is 0 Å². The molecule has 0 radical (unpaired) electrons. The highest BCUT2D eigenvalue weighted by atomic mass is 16.5. The van der Waals surface area contributed by atoms with Gasteiger partial charge in [0, 0.05) is 24.6 Å². The van der Waals surface area contributed by atoms with Crippen molar-refractivity contribution in [1.29, 1.82) is 0 Å². The van der Waals surface area contributed by atoms with Crippen LogP contribution in [0.1, 0.15) is 38.1 Å². The predicted octanol–water partition coefficient (Wildman–Crippen LogP) is 1.61. The molecule has 0 saturated heterocycles. The summed E-state index contributed by atoms with van der Waals surface area (Å²) in [6, 6.07) is 0.431. The number of hydrazine groups is 1. The molecule has 0 unspecified atom stereocenters. The Morgan fingerprint density at radius 2 is 1.95 bits per heavy atom. The second-order valence-electron chi connectivity index (χ2n) is 4.85. The van der Waals surface area contributed by atoms with Crippen molar-refractivity contribution < 1.29 is 4.74 Å². The van der Waals surface area contributed by atoms with Crippen LogP contribution in [0.3, 0.4) is 0 Å². The van der Waals surface area contributed by atoms with E-state index in [4.69, 9.17) is 10.6 Å². The van der Waals surface area contributed by atoms with E-state index in [-0.39, 0.29) is 0 Å². The van der Waals surface area contributed by atoms with E-state index in [0.717, 1.165) is 43.1 Å². The van der Waals surface area contributed by atoms with Crippen molar-refractivity contribution in [1.82, 2.24) is 9.97 Å². The van der Waals surface area contributed by atoms with E-state index in [1.165, 1.54) is 0 Å². The van der Waals surface area contributed by atoms with Crippen LogP contribution in [-0.2, 0) is 11.2 Å². The minimum atomic E-state index is 0.391. The van der Waals surface area contributed by atoms with E-state index in [1.54, 1.807) is 0 Å². The third kappa shape index (κ3) is 3.13. The molecule has 0 bridgehead atoms. The summed E-state index contributed by atoms with van der Waals surface area (Å²) >= 11 is 0. The molecule has 6 heteroatoms. The minimum Gasteiger partial charge on any atom is -0.378 e. The molecular formula is C13H23N5O. The van der Waals surface area contributed by atoms with Crippen molar-refractivity contribution in [3.63, 3.8) is 0 Å². The maximum absolute atomic E-state index is 5.56. The van der Waals surface area contributed by atoms with Gasteiger partial charge in [-0.3, -0.25) is 0 Å². The Morgan fingerprint density at radius 1 is 1.26 bits per heavy atom. The smallest absolute Gasteiger partial charge is 0.148 e. The first-order valence-corrected chi connectivity index (χ1v) is 6.90. The summed E-state index contributed by atoms with van der Waals surface area (Å²) in [5.41, 5.74) is 3.59. The monoisotopic (exact) mass is 265 g/mol. The molecule has 0 amide bonds. The molecule has 6 nitrogen and oxygen atoms in total. The van der Waals surface area contributed by atoms with Crippen LogP contribution in [0.5, 0.6) is 0 Å². The van der Waals surface area contributed by atoms with E-state index < -0.39 is 0 Å². The lowest BCUT2D eigenvalue weighted by atomic mass is 9.89. The van der Waals surface area contributed by atoms with Crippen LogP contribution >= 0.6 is 0 Å². The summed E-state index contributed by atoms with van der Waals surface area (Å²) in [6.07, 6.45) is 3.24. The van der Waals surface area contributed by atoms with Crippen molar-refractivity contribution in [2.75, 3.05) is 17.3 Å². The molecule has 1 aliphatic rings. The maximum atomic E-state index is 5.56. The van der Waals surface area contributed by atoms with Crippen molar-refractivity contribution in [3.05, 3.63) is 11.4 Å². The zero-order valence-corrected chi connectivity index (χ0v) is 11.9. The summed E-state index contributed by atoms with van der Waals surface area (Å²) in [6.45, 7) is 6.81. The molecule has 1 saturated carbocycles. The SMILES string of the molecule is CCOC1CC(Nc2nc(CC)nc(NN)c2C)C1. The first-order valence-electron chi connectivity index (χ1n) is 6.90. The van der Waals surface area contributed by atoms with E-state index in [9.17, 15) is 0 Å². The number of aryl methyl sites for hydroxylation is 1. The normalized spacial score (nSPS) is 21.9. The third-order valence-corrected chi connectivity index (χ3v) is 3.48. The van der Waals surface area contributed by atoms with Gasteiger partial charge in [0.25, 0.3) is 0 Å². The van der Waals surface area contributed by atoms with Crippen LogP contribution in [0.4, 0.5) is 11.6 Å². The van der Waals surface area contributed by atoms with Crippen molar-refractivity contribution in [2.45, 2.75) is 52.2 Å². The third-order valence-electron chi connectivity index (χ3n) is 3.48. The van der Waals surface area contributed by atoms with Gasteiger partial charge in [-0.05, 0) is 26.7 Å². The lowest BCUT2D eigenvalue weighted by molar-refractivity contribution is 0.00291. The maximum Gasteiger partial charge on any atom is 0.148 e. The van der Waals surface area contributed by atoms with Gasteiger partial charge in [0.05, 0.1) is 6.10 Å². The lowest BCUT2D eigenvalue weighted by Gasteiger charge is -2.36. The second-order valence-corrected chi connectivity index (χ2v) is 4.85. The number of hydrogen-bond donors (Lipinski definition) is 3. The van der Waals surface area contributed by atoms with Crippen LogP contribution in [0.2, 0.25) is 0 Å². The quantitative estimate of drug-likeness (QED) is 0.535. The van der Waals surface area contributed by atoms with Gasteiger partial charge in [-0.1, -0.05) is 6.92 Å². The Labute approximate surface area is 114 Å². The number of rotatable bonds is 6. The molecular weight excluding hydrogens is 242 g/mol. The first-order chi connectivity index (χ1) is 9.17. The molecule has 1 aliphatic carbocycles. The van der Waals surface area contributed by atoms with Crippen molar-refractivity contribution in [2.24, 2.45) is 5.84 Å². The zero-order chi connectivity index (χ0) is 13.8. The number of nitrogen functional groups attached to an aromatic ring is 1. The second kappa shape index (κ2) is 6.16. The number of nitrogens with zero attached hydrogens (tertiary/aromatic N) is 2. The summed E-state index contributed by atoms with van der Waals surface area (Å²) in [5.74, 6) is 7.85. The summed E-state index contributed by atoms with van der Waals surface area (Å²) in [5, 5.41) is 3.46. The van der Waals surface area contributed by atoms with Crippen LogP contribution in [-0.4, -0.2) is 28.7 Å². The number of nitrogens with two attached hydrogens (primary N) is 1. The summed E-state index contributed by atoms with van der Waals surface area (Å²) in [7, 11) is 0. The molecule has 106 valence electrons. The average molecular weight is 265 g/mol. The van der Waals surface area contributed by atoms with E-state index in [0.29, 0.717) is 18.0 Å². The minimum absolute atomic E-state index is 0.391. The molecule has 19 heavy (non-hydrogen) atoms. The zero-order valence-electron chi connectivity index (χ0n) is 11.9. The highest BCUT2D eigenvalue weighted by molar-refractivity contribution is 5.57. The number of anilines is 2. The Hall–Kier alpha value is -1.40. The molecule has 0 aromatic carbocycles. The number of ether oxygens (including phenoxy) is 1. The molecule has 4 N–H and O–H groups in total. The van der Waals surface area contributed by atoms with Gasteiger partial charge in [0.1, 0.15) is 17.5 Å². The van der Waals surface area contributed by atoms with E-state index in [2.05, 4.69) is 20.7 Å². The first kappa shape index (κ1) is 14.0. The van der Waals surface area contributed by atoms with Gasteiger partial charge >= 0.3 is 0 Å². The molecule has 1 aromatic rings. The van der Waals surface area contributed by atoms with Gasteiger partial charge in [-0.2, -0.15) is 0 Å². The lowest BCUT2D eigenvalue weighted by Crippen LogP contribution is -2.41. The summed E-state index contributed by atoms with van der Waals surface area (Å²) < 4.78 is 5.56. The van der Waals surface area contributed by atoms with Crippen LogP contribution in [0.15, 0.2) is 0 Å². The molecule has 0 spiro atoms. The molecule has 0 aliphatic heterocycles. The van der Waals surface area contributed by atoms with E-state index in [1.807, 2.05) is 20.8 Å². The highest BCUT2D eigenvalue weighted by Crippen LogP contribution is 2.28. The number of nitrogens with one attached hydrogen (secondary N) is 2. The molecule has 0 atom stereocenters. The fraction of sp³-hybridized carbons (Fsp3) is 0.692. The predicted molar refractivity (Wildman–Crippen MR) is 76.0 cm³/mol. The van der Waals surface area contributed by atoms with Crippen LogP contribution in [0, 0.1) is 6.92 Å². The molecule has 1 heterocycles. The number of aromatic nitrogens is 2. The molecule has 2 rings (SSSR count). The van der Waals surface area contributed by atoms with Gasteiger partial charge < -0.3 is 15.5 Å². The fourth-order valence-electron chi connectivity index (χ4n) is 2.25. The van der Waals surface area contributed by atoms with Crippen LogP contribution in [0.25, 0.3) is 0 Å². The summed E-state index contributed by atoms with van der Waals surface area (Å²) in [4.78, 5) is 8.89. The number of hydrogen-bond acceptors (Lipinski definition) is 6. The Bertz CT molecular complexity index is 431. The van der Waals surface area contributed by atoms with Crippen molar-refractivity contribution in [3.8, 4) is 0 Å². The van der Waals surface area contributed by atoms with Gasteiger partial charge in [0.2, 0.25) is 0 Å². The average Bonchev–Trinajstić information content (AvgIpc) is 2.38. The Balaban J connectivity index is 2.04. The largest absolute Gasteiger partial charge is 0.378 e. The van der Waals surface area contributed by atoms with Crippen molar-refractivity contribution >= 4 is 11.6 Å². The van der Waals surface area contributed by atoms with E-state index >= 15 is 0 Å².